The molecular weight excluding hydrogens is 544 g/mol. The minimum atomic E-state index is -4.96. The highest BCUT2D eigenvalue weighted by Crippen LogP contribution is 2.40. The zero-order valence-corrected chi connectivity index (χ0v) is 21.1. The number of nitrogens with one attached hydrogen (secondary N) is 1. The van der Waals surface area contributed by atoms with Crippen LogP contribution in [0.5, 0.6) is 0 Å². The van der Waals surface area contributed by atoms with Crippen molar-refractivity contribution >= 4 is 39.8 Å². The number of carbonyl (C=O) groups excluding carboxylic acids is 1. The molecule has 2 fully saturated rings. The molecule has 0 radical (unpaired) electrons. The Morgan fingerprint density at radius 2 is 1.85 bits per heavy atom. The molecule has 0 atom stereocenters. The molecule has 1 saturated heterocycles. The molecule has 1 amide bonds. The maximum absolute atomic E-state index is 13.6. The highest BCUT2D eigenvalue weighted by Gasteiger charge is 2.47. The normalized spacial score (nSPS) is 20.4. The first-order chi connectivity index (χ1) is 18.4. The van der Waals surface area contributed by atoms with Crippen molar-refractivity contribution in [2.45, 2.75) is 37.3 Å². The van der Waals surface area contributed by atoms with Crippen LogP contribution in [0.2, 0.25) is 0 Å². The van der Waals surface area contributed by atoms with Crippen LogP contribution in [-0.2, 0) is 23.7 Å². The number of amides is 1. The Morgan fingerprint density at radius 3 is 2.56 bits per heavy atom. The Labute approximate surface area is 222 Å². The maximum atomic E-state index is 13.6. The molecule has 6 nitrogen and oxygen atoms in total. The fourth-order valence-corrected chi connectivity index (χ4v) is 5.87. The molecule has 2 aliphatic heterocycles. The minimum Gasteiger partial charge on any atom is -0.348 e. The molecule has 1 aromatic heterocycles. The van der Waals surface area contributed by atoms with Gasteiger partial charge in [0.15, 0.2) is 5.17 Å². The van der Waals surface area contributed by atoms with Crippen LogP contribution in [0, 0.1) is 0 Å². The van der Waals surface area contributed by atoms with Gasteiger partial charge in [-0.05, 0) is 66.1 Å². The molecule has 2 aromatic carbocycles. The number of halogens is 6. The van der Waals surface area contributed by atoms with E-state index in [1.54, 1.807) is 24.3 Å². The van der Waals surface area contributed by atoms with Gasteiger partial charge in [0, 0.05) is 30.6 Å². The second kappa shape index (κ2) is 9.12. The van der Waals surface area contributed by atoms with Gasteiger partial charge in [-0.3, -0.25) is 9.48 Å². The molecule has 3 heterocycles. The van der Waals surface area contributed by atoms with Crippen molar-refractivity contribution in [1.82, 2.24) is 20.0 Å². The van der Waals surface area contributed by atoms with Gasteiger partial charge in [-0.15, -0.1) is 0 Å². The number of rotatable bonds is 3. The third kappa shape index (κ3) is 5.17. The molecule has 204 valence electrons. The summed E-state index contributed by atoms with van der Waals surface area (Å²) in [4.78, 5) is 19.4. The molecule has 3 aromatic rings. The number of amidine groups is 1. The lowest BCUT2D eigenvalue weighted by Gasteiger charge is -2.34. The predicted molar refractivity (Wildman–Crippen MR) is 135 cm³/mol. The minimum absolute atomic E-state index is 0.128. The Hall–Kier alpha value is -3.32. The smallest absolute Gasteiger partial charge is 0.348 e. The van der Waals surface area contributed by atoms with Gasteiger partial charge in [-0.1, -0.05) is 12.1 Å². The van der Waals surface area contributed by atoms with Gasteiger partial charge in [0.2, 0.25) is 0 Å². The van der Waals surface area contributed by atoms with E-state index in [-0.39, 0.29) is 29.6 Å². The van der Waals surface area contributed by atoms with Gasteiger partial charge < -0.3 is 10.2 Å². The molecule has 39 heavy (non-hydrogen) atoms. The standard InChI is InChI=1S/C26H21F6N5OS/c27-25(28,29)18-3-2-16(19(11-18)26(30,31)32)13-37-20-4-1-15(9-17(20)12-34-37)10-21-22(38)35-23(39-21)36-8-7-33-24(14-36)5-6-24/h1-4,9-12,33H,5-8,13-14H2. The van der Waals surface area contributed by atoms with Crippen LogP contribution in [0.4, 0.5) is 26.3 Å². The topological polar surface area (TPSA) is 62.5 Å². The van der Waals surface area contributed by atoms with Crippen LogP contribution < -0.4 is 5.32 Å². The Morgan fingerprint density at radius 1 is 1.05 bits per heavy atom. The van der Waals surface area contributed by atoms with Crippen LogP contribution in [0.1, 0.15) is 35.1 Å². The van der Waals surface area contributed by atoms with Crippen LogP contribution in [0.15, 0.2) is 52.5 Å². The number of aromatic nitrogens is 2. The Balaban J connectivity index is 1.22. The third-order valence-electron chi connectivity index (χ3n) is 7.13. The summed E-state index contributed by atoms with van der Waals surface area (Å²) in [6, 6.07) is 6.72. The number of benzene rings is 2. The van der Waals surface area contributed by atoms with E-state index in [2.05, 4.69) is 20.3 Å². The fraction of sp³-hybridized carbons (Fsp3) is 0.346. The summed E-state index contributed by atoms with van der Waals surface area (Å²) >= 11 is 1.32. The van der Waals surface area contributed by atoms with Crippen LogP contribution >= 0.6 is 11.8 Å². The number of carbonyl (C=O) groups is 1. The molecule has 3 aliphatic rings. The Bertz CT molecular complexity index is 1540. The second-order valence-corrected chi connectivity index (χ2v) is 10.9. The van der Waals surface area contributed by atoms with E-state index in [9.17, 15) is 31.1 Å². The number of piperazine rings is 1. The van der Waals surface area contributed by atoms with E-state index < -0.39 is 23.5 Å². The van der Waals surface area contributed by atoms with Gasteiger partial charge in [0.1, 0.15) is 0 Å². The number of aliphatic imine (C=N–C) groups is 1. The summed E-state index contributed by atoms with van der Waals surface area (Å²) in [6.45, 7) is 2.06. The monoisotopic (exact) mass is 565 g/mol. The summed E-state index contributed by atoms with van der Waals surface area (Å²) in [6.07, 6.45) is -4.44. The lowest BCUT2D eigenvalue weighted by atomic mass is 10.0. The summed E-state index contributed by atoms with van der Waals surface area (Å²) in [7, 11) is 0. The van der Waals surface area contributed by atoms with Crippen molar-refractivity contribution in [3.63, 3.8) is 0 Å². The molecule has 13 heteroatoms. The highest BCUT2D eigenvalue weighted by molar-refractivity contribution is 8.18. The molecule has 1 N–H and O–H groups in total. The van der Waals surface area contributed by atoms with E-state index in [0.29, 0.717) is 32.6 Å². The van der Waals surface area contributed by atoms with Crippen LogP contribution in [-0.4, -0.2) is 50.9 Å². The number of hydrogen-bond donors (Lipinski definition) is 1. The average molecular weight is 566 g/mol. The van der Waals surface area contributed by atoms with Crippen LogP contribution in [0.25, 0.3) is 17.0 Å². The molecular formula is C26H21F6N5OS. The van der Waals surface area contributed by atoms with Gasteiger partial charge >= 0.3 is 12.4 Å². The first-order valence-electron chi connectivity index (χ1n) is 12.2. The predicted octanol–water partition coefficient (Wildman–Crippen LogP) is 5.53. The average Bonchev–Trinajstić information content (AvgIpc) is 3.32. The van der Waals surface area contributed by atoms with Crippen molar-refractivity contribution in [1.29, 1.82) is 0 Å². The van der Waals surface area contributed by atoms with Gasteiger partial charge in [0.25, 0.3) is 5.91 Å². The number of fused-ring (bicyclic) bond motifs is 1. The zero-order valence-electron chi connectivity index (χ0n) is 20.2. The zero-order chi connectivity index (χ0) is 27.6. The largest absolute Gasteiger partial charge is 0.416 e. The lowest BCUT2D eigenvalue weighted by Crippen LogP contribution is -2.53. The third-order valence-corrected chi connectivity index (χ3v) is 8.18. The first kappa shape index (κ1) is 25.9. The summed E-state index contributed by atoms with van der Waals surface area (Å²) < 4.78 is 81.1. The maximum Gasteiger partial charge on any atom is 0.416 e. The summed E-state index contributed by atoms with van der Waals surface area (Å²) in [5, 5.41) is 8.98. The van der Waals surface area contributed by atoms with Crippen molar-refractivity contribution in [3.05, 3.63) is 69.8 Å². The van der Waals surface area contributed by atoms with E-state index >= 15 is 0 Å². The van der Waals surface area contributed by atoms with E-state index in [4.69, 9.17) is 0 Å². The molecule has 1 spiro atoms. The first-order valence-corrected chi connectivity index (χ1v) is 13.0. The van der Waals surface area contributed by atoms with E-state index in [1.807, 2.05) is 0 Å². The second-order valence-electron chi connectivity index (χ2n) is 9.93. The SMILES string of the molecule is O=C1N=C(N2CCNC3(CC3)C2)SC1=Cc1ccc2c(cnn2Cc2ccc(C(F)(F)F)cc2C(F)(F)F)c1. The summed E-state index contributed by atoms with van der Waals surface area (Å²) in [5.74, 6) is -0.323. The van der Waals surface area contributed by atoms with Crippen molar-refractivity contribution in [2.75, 3.05) is 19.6 Å². The van der Waals surface area contributed by atoms with E-state index in [0.717, 1.165) is 38.5 Å². The molecule has 6 rings (SSSR count). The van der Waals surface area contributed by atoms with Crippen LogP contribution in [0.3, 0.4) is 0 Å². The highest BCUT2D eigenvalue weighted by atomic mass is 32.2. The van der Waals surface area contributed by atoms with Crippen molar-refractivity contribution in [2.24, 2.45) is 4.99 Å². The van der Waals surface area contributed by atoms with Gasteiger partial charge in [0.05, 0.1) is 34.3 Å². The van der Waals surface area contributed by atoms with Crippen molar-refractivity contribution < 1.29 is 31.1 Å². The molecule has 0 unspecified atom stereocenters. The molecule has 1 saturated carbocycles. The molecule has 0 bridgehead atoms. The summed E-state index contributed by atoms with van der Waals surface area (Å²) in [5.41, 5.74) is -1.71. The number of hydrogen-bond acceptors (Lipinski definition) is 5. The van der Waals surface area contributed by atoms with Gasteiger partial charge in [-0.2, -0.15) is 36.4 Å². The number of alkyl halides is 6. The number of nitrogens with zero attached hydrogens (tertiary/aromatic N) is 4. The number of thioether (sulfide) groups is 1. The van der Waals surface area contributed by atoms with Gasteiger partial charge in [-0.25, -0.2) is 0 Å². The lowest BCUT2D eigenvalue weighted by molar-refractivity contribution is -0.143. The quantitative estimate of drug-likeness (QED) is 0.334. The fourth-order valence-electron chi connectivity index (χ4n) is 4.93. The Kier molecular flexibility index (Phi) is 6.06. The van der Waals surface area contributed by atoms with E-state index in [1.165, 1.54) is 22.6 Å². The van der Waals surface area contributed by atoms with Crippen molar-refractivity contribution in [3.8, 4) is 0 Å². The molecule has 1 aliphatic carbocycles.